The Labute approximate surface area is 91.6 Å². The highest BCUT2D eigenvalue weighted by Crippen LogP contribution is 2.46. The minimum Gasteiger partial charge on any atom is -0.433 e. The van der Waals surface area contributed by atoms with Gasteiger partial charge in [-0.1, -0.05) is 32.0 Å². The summed E-state index contributed by atoms with van der Waals surface area (Å²) in [5.74, 6) is 0.662. The van der Waals surface area contributed by atoms with Gasteiger partial charge < -0.3 is 4.52 Å². The third-order valence-corrected chi connectivity index (χ3v) is 4.40. The van der Waals surface area contributed by atoms with Crippen LogP contribution in [0.1, 0.15) is 13.8 Å². The Bertz CT molecular complexity index is 336. The molecular weight excluding hydrogens is 209 g/mol. The van der Waals surface area contributed by atoms with Gasteiger partial charge in [-0.2, -0.15) is 0 Å². The van der Waals surface area contributed by atoms with E-state index in [0.29, 0.717) is 5.75 Å². The Morgan fingerprint density at radius 3 is 2.20 bits per heavy atom. The van der Waals surface area contributed by atoms with Crippen LogP contribution in [0.15, 0.2) is 30.3 Å². The lowest BCUT2D eigenvalue weighted by atomic mass is 10.3. The molecule has 0 aromatic heterocycles. The molecule has 0 N–H and O–H groups in total. The van der Waals surface area contributed by atoms with Crippen LogP contribution < -0.4 is 4.52 Å². The average Bonchev–Trinajstić information content (AvgIpc) is 2.19. The number of hydrogen-bond acceptors (Lipinski definition) is 2. The second-order valence-corrected chi connectivity index (χ2v) is 5.70. The predicted molar refractivity (Wildman–Crippen MR) is 63.5 cm³/mol. The molecule has 0 saturated carbocycles. The van der Waals surface area contributed by atoms with Gasteiger partial charge in [-0.05, 0) is 12.1 Å². The summed E-state index contributed by atoms with van der Waals surface area (Å²) in [6.45, 7) is 7.09. The molecule has 3 nitrogen and oxygen atoms in total. The molecule has 0 saturated heterocycles. The van der Waals surface area contributed by atoms with Gasteiger partial charge >= 0.3 is 7.52 Å². The largest absolute Gasteiger partial charge is 0.433 e. The average molecular weight is 227 g/mol. The summed E-state index contributed by atoms with van der Waals surface area (Å²) in [6, 6.07) is 9.29. The Morgan fingerprint density at radius 1 is 1.20 bits per heavy atom. The monoisotopic (exact) mass is 227 g/mol. The summed E-state index contributed by atoms with van der Waals surface area (Å²) in [5, 5.41) is 0. The van der Waals surface area contributed by atoms with E-state index in [2.05, 4.69) is 0 Å². The Kier molecular flexibility index (Phi) is 4.37. The molecule has 0 bridgehead atoms. The lowest BCUT2D eigenvalue weighted by molar-refractivity contribution is 0.376. The third-order valence-electron chi connectivity index (χ3n) is 2.26. The fourth-order valence-corrected chi connectivity index (χ4v) is 3.13. The van der Waals surface area contributed by atoms with Gasteiger partial charge in [0.15, 0.2) is 0 Å². The number of benzene rings is 1. The molecule has 15 heavy (non-hydrogen) atoms. The zero-order chi connectivity index (χ0) is 11.3. The quantitative estimate of drug-likeness (QED) is 0.723. The first-order chi connectivity index (χ1) is 7.10. The summed E-state index contributed by atoms with van der Waals surface area (Å²) in [5.41, 5.74) is 0. The van der Waals surface area contributed by atoms with Gasteiger partial charge in [-0.15, -0.1) is 0 Å². The molecule has 1 atom stereocenters. The van der Waals surface area contributed by atoms with Crippen molar-refractivity contribution >= 4 is 7.52 Å². The Balaban J connectivity index is 2.76. The van der Waals surface area contributed by atoms with Crippen LogP contribution in [0.4, 0.5) is 0 Å². The van der Waals surface area contributed by atoms with Crippen LogP contribution in [0, 0.1) is 0 Å². The molecule has 0 aliphatic carbocycles. The highest BCUT2D eigenvalue weighted by atomic mass is 31.2. The lowest BCUT2D eigenvalue weighted by Gasteiger charge is -2.26. The van der Waals surface area contributed by atoms with Crippen LogP contribution in [0.3, 0.4) is 0 Å². The minimum atomic E-state index is -2.69. The molecule has 4 heteroatoms. The van der Waals surface area contributed by atoms with Crippen molar-refractivity contribution in [2.24, 2.45) is 0 Å². The maximum atomic E-state index is 12.2. The highest BCUT2D eigenvalue weighted by molar-refractivity contribution is 7.56. The number of nitrogens with zero attached hydrogens (tertiary/aromatic N) is 1. The van der Waals surface area contributed by atoms with Gasteiger partial charge in [0, 0.05) is 19.8 Å². The molecule has 0 heterocycles. The van der Waals surface area contributed by atoms with Crippen LogP contribution in [-0.4, -0.2) is 24.4 Å². The Morgan fingerprint density at radius 2 is 1.73 bits per heavy atom. The zero-order valence-electron chi connectivity index (χ0n) is 9.51. The number of rotatable bonds is 5. The van der Waals surface area contributed by atoms with Crippen molar-refractivity contribution in [2.75, 3.05) is 19.8 Å². The van der Waals surface area contributed by atoms with E-state index in [9.17, 15) is 4.57 Å². The fraction of sp³-hybridized carbons (Fsp3) is 0.455. The number of hydrogen-bond donors (Lipinski definition) is 0. The molecule has 0 aliphatic rings. The van der Waals surface area contributed by atoms with E-state index in [0.717, 1.165) is 13.1 Å². The minimum absolute atomic E-state index is 0.662. The lowest BCUT2D eigenvalue weighted by Crippen LogP contribution is -2.21. The van der Waals surface area contributed by atoms with E-state index in [1.54, 1.807) is 6.66 Å². The van der Waals surface area contributed by atoms with Gasteiger partial charge in [-0.25, -0.2) is 4.67 Å². The molecule has 0 unspecified atom stereocenters. The topological polar surface area (TPSA) is 29.5 Å². The first-order valence-electron chi connectivity index (χ1n) is 5.17. The van der Waals surface area contributed by atoms with Crippen LogP contribution in [-0.2, 0) is 4.57 Å². The van der Waals surface area contributed by atoms with Gasteiger partial charge in [0.1, 0.15) is 5.75 Å². The van der Waals surface area contributed by atoms with E-state index < -0.39 is 7.52 Å². The van der Waals surface area contributed by atoms with Crippen LogP contribution in [0.5, 0.6) is 5.75 Å². The first kappa shape index (κ1) is 12.3. The third kappa shape index (κ3) is 3.37. The van der Waals surface area contributed by atoms with Gasteiger partial charge in [0.05, 0.1) is 0 Å². The summed E-state index contributed by atoms with van der Waals surface area (Å²) in [4.78, 5) is 0. The molecule has 84 valence electrons. The van der Waals surface area contributed by atoms with Gasteiger partial charge in [0.2, 0.25) is 0 Å². The molecule has 0 radical (unpaired) electrons. The smallest absolute Gasteiger partial charge is 0.316 e. The van der Waals surface area contributed by atoms with Crippen molar-refractivity contribution in [2.45, 2.75) is 13.8 Å². The molecule has 1 aromatic carbocycles. The molecular formula is C11H18NO2P. The van der Waals surface area contributed by atoms with Crippen molar-refractivity contribution in [3.05, 3.63) is 30.3 Å². The molecule has 0 amide bonds. The maximum absolute atomic E-state index is 12.2. The van der Waals surface area contributed by atoms with Crippen molar-refractivity contribution < 1.29 is 9.09 Å². The Hall–Kier alpha value is -0.790. The van der Waals surface area contributed by atoms with Gasteiger partial charge in [-0.3, -0.25) is 4.57 Å². The molecule has 1 rings (SSSR count). The SMILES string of the molecule is CCN(CC)[P@](C)(=O)Oc1ccccc1. The van der Waals surface area contributed by atoms with Crippen molar-refractivity contribution in [1.82, 2.24) is 4.67 Å². The molecule has 0 fully saturated rings. The fourth-order valence-electron chi connectivity index (χ4n) is 1.47. The molecule has 0 spiro atoms. The van der Waals surface area contributed by atoms with Crippen molar-refractivity contribution in [3.8, 4) is 5.75 Å². The molecule has 1 aromatic rings. The summed E-state index contributed by atoms with van der Waals surface area (Å²) in [7, 11) is -2.69. The van der Waals surface area contributed by atoms with Crippen LogP contribution in [0.25, 0.3) is 0 Å². The van der Waals surface area contributed by atoms with E-state index in [4.69, 9.17) is 4.52 Å². The van der Waals surface area contributed by atoms with Crippen LogP contribution in [0.2, 0.25) is 0 Å². The highest BCUT2D eigenvalue weighted by Gasteiger charge is 2.24. The van der Waals surface area contributed by atoms with Gasteiger partial charge in [0.25, 0.3) is 0 Å². The normalized spacial score (nSPS) is 14.9. The summed E-state index contributed by atoms with van der Waals surface area (Å²) >= 11 is 0. The number of para-hydroxylation sites is 1. The van der Waals surface area contributed by atoms with E-state index in [1.165, 1.54) is 0 Å². The summed E-state index contributed by atoms with van der Waals surface area (Å²) in [6.07, 6.45) is 0. The van der Waals surface area contributed by atoms with E-state index >= 15 is 0 Å². The first-order valence-corrected chi connectivity index (χ1v) is 7.20. The van der Waals surface area contributed by atoms with Crippen molar-refractivity contribution in [3.63, 3.8) is 0 Å². The molecule has 0 aliphatic heterocycles. The van der Waals surface area contributed by atoms with Crippen molar-refractivity contribution in [1.29, 1.82) is 0 Å². The second kappa shape index (κ2) is 5.34. The maximum Gasteiger partial charge on any atom is 0.316 e. The predicted octanol–water partition coefficient (Wildman–Crippen LogP) is 3.23. The van der Waals surface area contributed by atoms with E-state index in [1.807, 2.05) is 48.8 Å². The van der Waals surface area contributed by atoms with E-state index in [-0.39, 0.29) is 0 Å². The second-order valence-electron chi connectivity index (χ2n) is 3.35. The summed E-state index contributed by atoms with van der Waals surface area (Å²) < 4.78 is 19.6. The van der Waals surface area contributed by atoms with Crippen LogP contribution >= 0.6 is 7.52 Å². The standard InChI is InChI=1S/C11H18NO2P/c1-4-12(5-2)15(3,13)14-11-9-7-6-8-10-11/h6-10H,4-5H2,1-3H3/t15-/m1/s1. The zero-order valence-corrected chi connectivity index (χ0v) is 10.4.